The van der Waals surface area contributed by atoms with Crippen molar-refractivity contribution in [2.75, 3.05) is 0 Å². The minimum atomic E-state index is 0.505. The second kappa shape index (κ2) is 2.78. The van der Waals surface area contributed by atoms with Crippen LogP contribution >= 0.6 is 15.9 Å². The molecule has 54 valence electrons. The molecule has 1 N–H and O–H groups in total. The van der Waals surface area contributed by atoms with Crippen molar-refractivity contribution in [1.82, 2.24) is 15.0 Å². The van der Waals surface area contributed by atoms with Gasteiger partial charge in [-0.15, -0.1) is 5.10 Å². The lowest BCUT2D eigenvalue weighted by Crippen LogP contribution is -1.92. The van der Waals surface area contributed by atoms with Gasteiger partial charge in [0.25, 0.3) is 0 Å². The van der Waals surface area contributed by atoms with Gasteiger partial charge in [-0.3, -0.25) is 0 Å². The summed E-state index contributed by atoms with van der Waals surface area (Å²) in [7, 11) is 1.68. The van der Waals surface area contributed by atoms with E-state index in [9.17, 15) is 0 Å². The van der Waals surface area contributed by atoms with E-state index in [1.165, 1.54) is 11.0 Å². The standard InChI is InChI=1S/C4H5BrN4O/c1-9-7-3(2-6-10)4(5)8-9/h2,10H,1H3/b6-2+. The zero-order chi connectivity index (χ0) is 7.56. The summed E-state index contributed by atoms with van der Waals surface area (Å²) < 4.78 is 0.563. The summed E-state index contributed by atoms with van der Waals surface area (Å²) >= 11 is 3.12. The van der Waals surface area contributed by atoms with Gasteiger partial charge in [-0.1, -0.05) is 5.16 Å². The zero-order valence-corrected chi connectivity index (χ0v) is 6.78. The first-order chi connectivity index (χ1) is 4.74. The largest absolute Gasteiger partial charge is 0.411 e. The Hall–Kier alpha value is -0.910. The van der Waals surface area contributed by atoms with Gasteiger partial charge in [-0.05, 0) is 15.9 Å². The van der Waals surface area contributed by atoms with Gasteiger partial charge >= 0.3 is 0 Å². The van der Waals surface area contributed by atoms with Crippen molar-refractivity contribution in [3.8, 4) is 0 Å². The third-order valence-corrected chi connectivity index (χ3v) is 1.44. The number of nitrogens with zero attached hydrogens (tertiary/aromatic N) is 4. The molecule has 0 amide bonds. The minimum Gasteiger partial charge on any atom is -0.411 e. The first kappa shape index (κ1) is 7.20. The van der Waals surface area contributed by atoms with Crippen molar-refractivity contribution in [3.05, 3.63) is 10.3 Å². The molecule has 0 radical (unpaired) electrons. The van der Waals surface area contributed by atoms with Crippen molar-refractivity contribution in [1.29, 1.82) is 0 Å². The number of aryl methyl sites for hydroxylation is 1. The molecule has 10 heavy (non-hydrogen) atoms. The van der Waals surface area contributed by atoms with Gasteiger partial charge in [-0.2, -0.15) is 9.90 Å². The molecule has 1 heterocycles. The van der Waals surface area contributed by atoms with E-state index in [0.717, 1.165) is 0 Å². The Bertz CT molecular complexity index is 256. The Labute approximate surface area is 65.5 Å². The van der Waals surface area contributed by atoms with Gasteiger partial charge in [0.15, 0.2) is 4.60 Å². The quantitative estimate of drug-likeness (QED) is 0.409. The topological polar surface area (TPSA) is 63.3 Å². The van der Waals surface area contributed by atoms with E-state index in [4.69, 9.17) is 5.21 Å². The van der Waals surface area contributed by atoms with Gasteiger partial charge < -0.3 is 5.21 Å². The second-order valence-corrected chi connectivity index (χ2v) is 2.36. The molecule has 5 nitrogen and oxygen atoms in total. The van der Waals surface area contributed by atoms with Crippen molar-refractivity contribution in [2.45, 2.75) is 0 Å². The van der Waals surface area contributed by atoms with Crippen LogP contribution in [0.1, 0.15) is 5.69 Å². The molecule has 0 aromatic carbocycles. The SMILES string of the molecule is Cn1nc(Br)c(/C=N/O)n1. The summed E-state index contributed by atoms with van der Waals surface area (Å²) in [5.74, 6) is 0. The van der Waals surface area contributed by atoms with E-state index in [-0.39, 0.29) is 0 Å². The number of hydrogen-bond donors (Lipinski definition) is 1. The molecule has 0 bridgehead atoms. The Balaban J connectivity index is 3.03. The monoisotopic (exact) mass is 204 g/mol. The van der Waals surface area contributed by atoms with E-state index < -0.39 is 0 Å². The number of halogens is 1. The normalized spacial score (nSPS) is 11.0. The van der Waals surface area contributed by atoms with Crippen LogP contribution in [-0.4, -0.2) is 26.4 Å². The van der Waals surface area contributed by atoms with E-state index in [0.29, 0.717) is 10.3 Å². The van der Waals surface area contributed by atoms with Crippen molar-refractivity contribution >= 4 is 22.1 Å². The third-order valence-electron chi connectivity index (χ3n) is 0.876. The Morgan fingerprint density at radius 2 is 2.40 bits per heavy atom. The van der Waals surface area contributed by atoms with Crippen molar-refractivity contribution in [2.24, 2.45) is 12.2 Å². The van der Waals surface area contributed by atoms with Crippen LogP contribution in [0.2, 0.25) is 0 Å². The maximum Gasteiger partial charge on any atom is 0.157 e. The lowest BCUT2D eigenvalue weighted by Gasteiger charge is -1.78. The van der Waals surface area contributed by atoms with Gasteiger partial charge in [0, 0.05) is 7.05 Å². The molecule has 0 aliphatic rings. The molecule has 0 saturated carbocycles. The Morgan fingerprint density at radius 3 is 2.80 bits per heavy atom. The molecule has 6 heteroatoms. The molecule has 0 spiro atoms. The summed E-state index contributed by atoms with van der Waals surface area (Å²) in [6.45, 7) is 0. The smallest absolute Gasteiger partial charge is 0.157 e. The fourth-order valence-corrected chi connectivity index (χ4v) is 0.943. The van der Waals surface area contributed by atoms with E-state index in [2.05, 4.69) is 31.3 Å². The Kier molecular flexibility index (Phi) is 2.00. The average molecular weight is 205 g/mol. The predicted octanol–water partition coefficient (Wildman–Crippen LogP) is 0.386. The van der Waals surface area contributed by atoms with E-state index in [1.807, 2.05) is 0 Å². The average Bonchev–Trinajstić information content (AvgIpc) is 2.13. The van der Waals surface area contributed by atoms with Crippen LogP contribution in [0.15, 0.2) is 9.76 Å². The number of hydrogen-bond acceptors (Lipinski definition) is 4. The summed E-state index contributed by atoms with van der Waals surface area (Å²) in [5.41, 5.74) is 0.505. The highest BCUT2D eigenvalue weighted by molar-refractivity contribution is 9.10. The first-order valence-corrected chi connectivity index (χ1v) is 3.27. The molecular weight excluding hydrogens is 200 g/mol. The summed E-state index contributed by atoms with van der Waals surface area (Å²) in [6, 6.07) is 0. The molecular formula is C4H5BrN4O. The molecule has 0 aliphatic carbocycles. The molecule has 0 fully saturated rings. The fraction of sp³-hybridized carbons (Fsp3) is 0.250. The van der Waals surface area contributed by atoms with Crippen LogP contribution < -0.4 is 0 Å². The van der Waals surface area contributed by atoms with Gasteiger partial charge in [-0.25, -0.2) is 0 Å². The lowest BCUT2D eigenvalue weighted by atomic mass is 10.5. The van der Waals surface area contributed by atoms with Crippen LogP contribution in [0.25, 0.3) is 0 Å². The van der Waals surface area contributed by atoms with Crippen LogP contribution in [0.5, 0.6) is 0 Å². The number of rotatable bonds is 1. The predicted molar refractivity (Wildman–Crippen MR) is 38.1 cm³/mol. The number of oxime groups is 1. The summed E-state index contributed by atoms with van der Waals surface area (Å²) in [4.78, 5) is 1.38. The molecule has 1 rings (SSSR count). The highest BCUT2D eigenvalue weighted by atomic mass is 79.9. The highest BCUT2D eigenvalue weighted by Crippen LogP contribution is 2.06. The molecule has 1 aromatic rings. The van der Waals surface area contributed by atoms with E-state index >= 15 is 0 Å². The number of aromatic nitrogens is 3. The van der Waals surface area contributed by atoms with Gasteiger partial charge in [0.1, 0.15) is 5.69 Å². The first-order valence-electron chi connectivity index (χ1n) is 2.48. The van der Waals surface area contributed by atoms with Gasteiger partial charge in [0.05, 0.1) is 6.21 Å². The molecule has 0 aliphatic heterocycles. The second-order valence-electron chi connectivity index (χ2n) is 1.61. The Morgan fingerprint density at radius 1 is 1.70 bits per heavy atom. The zero-order valence-electron chi connectivity index (χ0n) is 5.19. The third kappa shape index (κ3) is 1.32. The molecule has 0 unspecified atom stereocenters. The minimum absolute atomic E-state index is 0.505. The maximum absolute atomic E-state index is 8.12. The fourth-order valence-electron chi connectivity index (χ4n) is 0.532. The highest BCUT2D eigenvalue weighted by Gasteiger charge is 2.01. The summed E-state index contributed by atoms with van der Waals surface area (Å²) in [5, 5.41) is 18.6. The molecule has 0 atom stereocenters. The molecule has 0 saturated heterocycles. The van der Waals surface area contributed by atoms with Crippen molar-refractivity contribution < 1.29 is 5.21 Å². The summed E-state index contributed by atoms with van der Waals surface area (Å²) in [6.07, 6.45) is 1.21. The lowest BCUT2D eigenvalue weighted by molar-refractivity contribution is 0.321. The van der Waals surface area contributed by atoms with Crippen LogP contribution in [0, 0.1) is 0 Å². The van der Waals surface area contributed by atoms with Crippen LogP contribution in [0.3, 0.4) is 0 Å². The van der Waals surface area contributed by atoms with Crippen molar-refractivity contribution in [3.63, 3.8) is 0 Å². The van der Waals surface area contributed by atoms with E-state index in [1.54, 1.807) is 7.05 Å². The molecule has 1 aromatic heterocycles. The van der Waals surface area contributed by atoms with Crippen LogP contribution in [0.4, 0.5) is 0 Å². The van der Waals surface area contributed by atoms with Crippen LogP contribution in [-0.2, 0) is 7.05 Å². The maximum atomic E-state index is 8.12. The van der Waals surface area contributed by atoms with Gasteiger partial charge in [0.2, 0.25) is 0 Å².